The summed E-state index contributed by atoms with van der Waals surface area (Å²) >= 11 is 1.58. The van der Waals surface area contributed by atoms with Crippen molar-refractivity contribution in [1.29, 1.82) is 0 Å². The maximum absolute atomic E-state index is 14.2. The van der Waals surface area contributed by atoms with Gasteiger partial charge in [0.2, 0.25) is 23.6 Å². The van der Waals surface area contributed by atoms with Crippen LogP contribution in [0.1, 0.15) is 96.4 Å². The molecule has 6 N–H and O–H groups in total. The van der Waals surface area contributed by atoms with Crippen LogP contribution in [0.3, 0.4) is 0 Å². The zero-order valence-electron chi connectivity index (χ0n) is 44.5. The number of carbonyl (C=O) groups excluding carboxylic acids is 4. The number of hydrogen-bond acceptors (Lipinski definition) is 15. The zero-order valence-corrected chi connectivity index (χ0v) is 45.3. The van der Waals surface area contributed by atoms with Gasteiger partial charge in [0.15, 0.2) is 11.6 Å². The molecular formula is C57H74N10O8S. The van der Waals surface area contributed by atoms with Gasteiger partial charge in [0.1, 0.15) is 42.0 Å². The van der Waals surface area contributed by atoms with Crippen LogP contribution in [-0.4, -0.2) is 147 Å². The van der Waals surface area contributed by atoms with Crippen LogP contribution in [0, 0.1) is 12.3 Å². The molecule has 0 saturated carbocycles. The molecule has 5 atom stereocenters. The third-order valence-electron chi connectivity index (χ3n) is 14.6. The van der Waals surface area contributed by atoms with E-state index in [2.05, 4.69) is 47.7 Å². The van der Waals surface area contributed by atoms with Crippen molar-refractivity contribution in [2.24, 2.45) is 5.41 Å². The summed E-state index contributed by atoms with van der Waals surface area (Å²) in [6, 6.07) is 22.6. The highest BCUT2D eigenvalue weighted by Gasteiger charge is 2.45. The number of anilines is 2. The van der Waals surface area contributed by atoms with Crippen molar-refractivity contribution in [3.8, 4) is 38.9 Å². The molecule has 2 aromatic heterocycles. The number of carbonyl (C=O) groups is 4. The van der Waals surface area contributed by atoms with E-state index in [1.54, 1.807) is 35.6 Å². The number of likely N-dealkylation sites (tertiary alicyclic amines) is 1. The summed E-state index contributed by atoms with van der Waals surface area (Å²) in [5, 5.41) is 35.2. The summed E-state index contributed by atoms with van der Waals surface area (Å²) in [4.78, 5) is 67.7. The van der Waals surface area contributed by atoms with Gasteiger partial charge in [-0.3, -0.25) is 24.1 Å². The Labute approximate surface area is 450 Å². The van der Waals surface area contributed by atoms with Gasteiger partial charge < -0.3 is 50.8 Å². The highest BCUT2D eigenvalue weighted by Crippen LogP contribution is 2.34. The number of benzene rings is 3. The minimum absolute atomic E-state index is 0.0000324. The number of β-amino-alcohol motifs (C(OH)–C–C–N with tert-alkyl or cyclic N) is 1. The van der Waals surface area contributed by atoms with Crippen LogP contribution in [0.25, 0.3) is 21.7 Å². The van der Waals surface area contributed by atoms with E-state index in [0.717, 1.165) is 72.2 Å². The number of thiazole rings is 1. The van der Waals surface area contributed by atoms with Crippen LogP contribution in [0.15, 0.2) is 84.4 Å². The molecule has 1 unspecified atom stereocenters. The molecule has 406 valence electrons. The molecule has 19 heteroatoms. The first-order valence-electron chi connectivity index (χ1n) is 26.7. The SMILES string of the molecule is Cc1ncsc1-c1ccc([C@H](C)NC(=O)[C@@H]2C[C@@H](O)CN2C(=O)[C@@H](NC(=O)CCCCCC(=O)N2CCN(CCOc3ccc(N4CCCC(Oc5cc(-c6ccccc6O)nnc5N)C4)cc3)CC2)C(C)(C)C)cc1. The summed E-state index contributed by atoms with van der Waals surface area (Å²) in [6.45, 7) is 15.2. The van der Waals surface area contributed by atoms with E-state index in [1.165, 1.54) is 4.90 Å². The van der Waals surface area contributed by atoms with Crippen molar-refractivity contribution < 1.29 is 38.9 Å². The van der Waals surface area contributed by atoms with Crippen molar-refractivity contribution >= 4 is 46.5 Å². The fraction of sp³-hybridized carbons (Fsp3) is 0.491. The van der Waals surface area contributed by atoms with E-state index in [0.29, 0.717) is 68.9 Å². The van der Waals surface area contributed by atoms with E-state index < -0.39 is 29.5 Å². The number of aliphatic hydroxyl groups is 1. The van der Waals surface area contributed by atoms with Crippen LogP contribution in [0.5, 0.6) is 17.2 Å². The molecule has 3 aliphatic heterocycles. The number of aliphatic hydroxyl groups excluding tert-OH is 1. The number of piperazine rings is 1. The molecule has 4 amide bonds. The number of nitrogens with one attached hydrogen (secondary N) is 2. The van der Waals surface area contributed by atoms with Crippen LogP contribution < -0.4 is 30.7 Å². The number of phenolic OH excluding ortho intramolecular Hbond substituents is 1. The van der Waals surface area contributed by atoms with Crippen molar-refractivity contribution in [2.75, 3.05) is 69.6 Å². The molecule has 0 aliphatic carbocycles. The first-order chi connectivity index (χ1) is 36.5. The van der Waals surface area contributed by atoms with Gasteiger partial charge in [0, 0.05) is 82.4 Å². The summed E-state index contributed by atoms with van der Waals surface area (Å²) in [5.74, 6) is 0.639. The van der Waals surface area contributed by atoms with Crippen molar-refractivity contribution in [3.05, 3.63) is 95.6 Å². The lowest BCUT2D eigenvalue weighted by Crippen LogP contribution is -2.57. The average Bonchev–Trinajstić information content (AvgIpc) is 4.04. The number of amides is 4. The fourth-order valence-corrected chi connectivity index (χ4v) is 11.0. The second-order valence-electron chi connectivity index (χ2n) is 21.3. The molecule has 0 spiro atoms. The maximum atomic E-state index is 14.2. The molecule has 3 fully saturated rings. The number of nitrogens with two attached hydrogens (primary N) is 1. The highest BCUT2D eigenvalue weighted by atomic mass is 32.1. The maximum Gasteiger partial charge on any atom is 0.246 e. The minimum Gasteiger partial charge on any atom is -0.507 e. The van der Waals surface area contributed by atoms with E-state index in [4.69, 9.17) is 15.2 Å². The number of para-hydroxylation sites is 1. The molecule has 18 nitrogen and oxygen atoms in total. The molecular weight excluding hydrogens is 985 g/mol. The molecule has 3 aliphatic rings. The number of hydrogen-bond donors (Lipinski definition) is 5. The Morgan fingerprint density at radius 3 is 2.34 bits per heavy atom. The Hall–Kier alpha value is -6.83. The first-order valence-corrected chi connectivity index (χ1v) is 27.5. The van der Waals surface area contributed by atoms with E-state index in [1.807, 2.05) is 87.5 Å². The van der Waals surface area contributed by atoms with Gasteiger partial charge in [-0.2, -0.15) is 0 Å². The normalized spacial score (nSPS) is 19.0. The number of nitrogens with zero attached hydrogens (tertiary/aromatic N) is 7. The number of ether oxygens (including phenoxy) is 2. The van der Waals surface area contributed by atoms with Crippen molar-refractivity contribution in [1.82, 2.24) is 40.5 Å². The lowest BCUT2D eigenvalue weighted by Gasteiger charge is -2.35. The number of nitrogen functional groups attached to an aromatic ring is 1. The average molecular weight is 1060 g/mol. The molecule has 3 saturated heterocycles. The fourth-order valence-electron chi connectivity index (χ4n) is 10.2. The number of unbranched alkanes of at least 4 members (excludes halogenated alkanes) is 2. The third kappa shape index (κ3) is 14.3. The molecule has 3 aromatic carbocycles. The first kappa shape index (κ1) is 55.4. The van der Waals surface area contributed by atoms with Gasteiger partial charge in [-0.05, 0) is 92.5 Å². The Morgan fingerprint density at radius 2 is 1.63 bits per heavy atom. The quantitative estimate of drug-likeness (QED) is 0.0508. The second kappa shape index (κ2) is 25.3. The van der Waals surface area contributed by atoms with Gasteiger partial charge in [-0.1, -0.05) is 63.6 Å². The molecule has 0 bridgehead atoms. The van der Waals surface area contributed by atoms with E-state index >= 15 is 0 Å². The summed E-state index contributed by atoms with van der Waals surface area (Å²) in [6.07, 6.45) is 3.47. The van der Waals surface area contributed by atoms with Gasteiger partial charge in [-0.25, -0.2) is 4.98 Å². The van der Waals surface area contributed by atoms with Crippen LogP contribution in [0.2, 0.25) is 0 Å². The molecule has 8 rings (SSSR count). The lowest BCUT2D eigenvalue weighted by molar-refractivity contribution is -0.144. The summed E-state index contributed by atoms with van der Waals surface area (Å²) < 4.78 is 12.5. The van der Waals surface area contributed by atoms with Crippen LogP contribution in [-0.2, 0) is 19.2 Å². The molecule has 0 radical (unpaired) electrons. The second-order valence-corrected chi connectivity index (χ2v) is 22.2. The minimum atomic E-state index is -0.909. The highest BCUT2D eigenvalue weighted by molar-refractivity contribution is 7.13. The zero-order chi connectivity index (χ0) is 53.9. The largest absolute Gasteiger partial charge is 0.507 e. The standard InChI is InChI=1S/C57H74N10O8S/c1-37(39-17-19-40(20-18-39)52-38(2)59-36-76-52)60-55(72)47-32-42(68)34-67(47)56(73)53(57(3,4)5)61-50(70)15-7-6-8-16-51(71)65-28-26-64(27-29-65)30-31-74-43-23-21-41(22-24-43)66-25-11-12-44(35-66)75-49-33-46(62-63-54(49)58)45-13-9-10-14-48(45)69/h9-10,13-14,17-24,33,36-37,42,44,47,53,68-69H,6-8,11-12,15-16,25-32,34-35H2,1-5H3,(H2,58,63)(H,60,72)(H,61,70)/t37-,42+,44?,47-,53+/m0/s1. The van der Waals surface area contributed by atoms with Gasteiger partial charge in [-0.15, -0.1) is 21.5 Å². The molecule has 5 heterocycles. The predicted octanol–water partition coefficient (Wildman–Crippen LogP) is 6.75. The van der Waals surface area contributed by atoms with Crippen LogP contribution >= 0.6 is 11.3 Å². The number of piperidine rings is 1. The topological polar surface area (TPSA) is 229 Å². The van der Waals surface area contributed by atoms with Crippen molar-refractivity contribution in [3.63, 3.8) is 0 Å². The van der Waals surface area contributed by atoms with E-state index in [9.17, 15) is 29.4 Å². The number of aromatic nitrogens is 3. The van der Waals surface area contributed by atoms with Crippen LogP contribution in [0.4, 0.5) is 11.5 Å². The van der Waals surface area contributed by atoms with Gasteiger partial charge in [0.05, 0.1) is 34.8 Å². The number of aryl methyl sites for hydroxylation is 1. The summed E-state index contributed by atoms with van der Waals surface area (Å²) in [7, 11) is 0. The van der Waals surface area contributed by atoms with Gasteiger partial charge >= 0.3 is 0 Å². The Balaban J connectivity index is 0.703. The molecule has 5 aromatic rings. The van der Waals surface area contributed by atoms with Gasteiger partial charge in [0.25, 0.3) is 0 Å². The summed E-state index contributed by atoms with van der Waals surface area (Å²) in [5.41, 5.74) is 12.4. The Kier molecular flexibility index (Phi) is 18.5. The Bertz CT molecular complexity index is 2760. The predicted molar refractivity (Wildman–Crippen MR) is 294 cm³/mol. The monoisotopic (exact) mass is 1060 g/mol. The number of phenols is 1. The number of aromatic hydroxyl groups is 1. The molecule has 76 heavy (non-hydrogen) atoms. The number of rotatable bonds is 20. The Morgan fingerprint density at radius 1 is 0.895 bits per heavy atom. The van der Waals surface area contributed by atoms with Crippen molar-refractivity contribution in [2.45, 2.75) is 116 Å². The third-order valence-corrected chi connectivity index (χ3v) is 15.6. The van der Waals surface area contributed by atoms with E-state index in [-0.39, 0.29) is 60.8 Å². The lowest BCUT2D eigenvalue weighted by atomic mass is 9.85. The smallest absolute Gasteiger partial charge is 0.246 e.